The van der Waals surface area contributed by atoms with E-state index in [-0.39, 0.29) is 20.3 Å². The van der Waals surface area contributed by atoms with Crippen LogP contribution >= 0.6 is 7.82 Å². The van der Waals surface area contributed by atoms with Crippen LogP contribution in [0, 0.1) is 0 Å². The molecule has 0 fully saturated rings. The zero-order valence-corrected chi connectivity index (χ0v) is 5.41. The second-order valence-corrected chi connectivity index (χ2v) is 2.01. The minimum atomic E-state index is -4.82. The second kappa shape index (κ2) is 3.93. The molecule has 0 aliphatic rings. The summed E-state index contributed by atoms with van der Waals surface area (Å²) in [4.78, 5) is 24.7. The van der Waals surface area contributed by atoms with E-state index in [4.69, 9.17) is 14.9 Å². The van der Waals surface area contributed by atoms with Crippen molar-refractivity contribution in [2.24, 2.45) is 0 Å². The molecule has 0 saturated heterocycles. The van der Waals surface area contributed by atoms with E-state index < -0.39 is 14.0 Å². The average Bonchev–Trinajstić information content (AvgIpc) is 1.21. The molecule has 0 amide bonds. The van der Waals surface area contributed by atoms with Crippen molar-refractivity contribution in [1.29, 1.82) is 0 Å². The number of carbonyl (C=O) groups is 1. The molecule has 9 heavy (non-hydrogen) atoms. The van der Waals surface area contributed by atoms with Crippen molar-refractivity contribution in [3.63, 3.8) is 0 Å². The molecular formula is CH4LiO6P. The van der Waals surface area contributed by atoms with E-state index in [0.29, 0.717) is 0 Å². The number of carboxylic acid groups (broad SMARTS) is 1. The molecule has 0 unspecified atom stereocenters. The Morgan fingerprint density at radius 2 is 1.89 bits per heavy atom. The van der Waals surface area contributed by atoms with E-state index in [2.05, 4.69) is 4.52 Å². The minimum absolute atomic E-state index is 0. The Bertz CT molecular complexity index is 141. The molecule has 50 valence electrons. The maximum Gasteiger partial charge on any atom is 1.00 e. The molecule has 0 atom stereocenters. The van der Waals surface area contributed by atoms with Gasteiger partial charge in [-0.1, -0.05) is 0 Å². The molecule has 0 rings (SSSR count). The third kappa shape index (κ3) is 11.5. The number of phosphoric ester groups is 1. The Balaban J connectivity index is -0.000000245. The number of phosphoric acid groups is 1. The minimum Gasteiger partial charge on any atom is -1.00 e. The van der Waals surface area contributed by atoms with Crippen LogP contribution in [0.15, 0.2) is 0 Å². The molecular weight excluding hydrogens is 146 g/mol. The van der Waals surface area contributed by atoms with E-state index in [9.17, 15) is 9.36 Å². The van der Waals surface area contributed by atoms with Crippen LogP contribution < -0.4 is 18.9 Å². The van der Waals surface area contributed by atoms with Crippen LogP contribution in [0.25, 0.3) is 0 Å². The van der Waals surface area contributed by atoms with Crippen molar-refractivity contribution >= 4 is 14.0 Å². The molecule has 0 saturated carbocycles. The molecule has 0 aromatic rings. The van der Waals surface area contributed by atoms with Gasteiger partial charge in [-0.15, -0.1) is 0 Å². The van der Waals surface area contributed by atoms with Gasteiger partial charge in [-0.25, -0.2) is 9.36 Å². The molecule has 0 heterocycles. The molecule has 0 radical (unpaired) electrons. The predicted molar refractivity (Wildman–Crippen MR) is 22.3 cm³/mol. The zero-order valence-electron chi connectivity index (χ0n) is 5.51. The fraction of sp³-hybridized carbons (Fsp3) is 0. The number of hydrogen-bond acceptors (Lipinski definition) is 3. The van der Waals surface area contributed by atoms with Crippen molar-refractivity contribution < 1.29 is 49.1 Å². The summed E-state index contributed by atoms with van der Waals surface area (Å²) in [5.41, 5.74) is 0. The van der Waals surface area contributed by atoms with Gasteiger partial charge in [0.1, 0.15) is 0 Å². The average molecular weight is 150 g/mol. The molecule has 8 heteroatoms. The zero-order chi connectivity index (χ0) is 6.78. The summed E-state index contributed by atoms with van der Waals surface area (Å²) in [5, 5.41) is 7.53. The van der Waals surface area contributed by atoms with Crippen molar-refractivity contribution in [1.82, 2.24) is 0 Å². The smallest absolute Gasteiger partial charge is 1.00 e. The first-order valence-electron chi connectivity index (χ1n) is 1.40. The van der Waals surface area contributed by atoms with Crippen LogP contribution in [0.4, 0.5) is 4.79 Å². The van der Waals surface area contributed by atoms with Gasteiger partial charge in [0.05, 0.1) is 0 Å². The normalized spacial score (nSPS) is 9.56. The maximum atomic E-state index is 9.53. The fourth-order valence-corrected chi connectivity index (χ4v) is 0.305. The van der Waals surface area contributed by atoms with E-state index in [1.807, 2.05) is 0 Å². The number of rotatable bonds is 1. The van der Waals surface area contributed by atoms with Crippen molar-refractivity contribution in [2.45, 2.75) is 0 Å². The van der Waals surface area contributed by atoms with Gasteiger partial charge in [-0.05, 0) is 0 Å². The predicted octanol–water partition coefficient (Wildman–Crippen LogP) is -3.11. The summed E-state index contributed by atoms with van der Waals surface area (Å²) in [7, 11) is -4.82. The van der Waals surface area contributed by atoms with Crippen LogP contribution in [0.5, 0.6) is 0 Å². The van der Waals surface area contributed by atoms with Crippen LogP contribution in [0.3, 0.4) is 0 Å². The van der Waals surface area contributed by atoms with Gasteiger partial charge in [-0.3, -0.25) is 9.79 Å². The third-order valence-corrected chi connectivity index (χ3v) is 0.591. The topological polar surface area (TPSA) is 104 Å². The third-order valence-electron chi connectivity index (χ3n) is 0.197. The monoisotopic (exact) mass is 150 g/mol. The van der Waals surface area contributed by atoms with Gasteiger partial charge in [-0.2, -0.15) is 0 Å². The Labute approximate surface area is 63.7 Å². The molecule has 6 nitrogen and oxygen atoms in total. The van der Waals surface area contributed by atoms with Gasteiger partial charge in [0.25, 0.3) is 0 Å². The van der Waals surface area contributed by atoms with Crippen LogP contribution in [0.1, 0.15) is 1.43 Å². The maximum absolute atomic E-state index is 9.53. The van der Waals surface area contributed by atoms with E-state index >= 15 is 0 Å². The van der Waals surface area contributed by atoms with Crippen molar-refractivity contribution in [2.75, 3.05) is 0 Å². The second-order valence-electron chi connectivity index (χ2n) is 0.848. The molecule has 3 N–H and O–H groups in total. The van der Waals surface area contributed by atoms with Crippen LogP contribution in [-0.2, 0) is 9.09 Å². The quantitative estimate of drug-likeness (QED) is 0.270. The Kier molecular flexibility index (Phi) is 5.15. The van der Waals surface area contributed by atoms with E-state index in [1.165, 1.54) is 0 Å². The summed E-state index contributed by atoms with van der Waals surface area (Å²) < 4.78 is 12.6. The first kappa shape index (κ1) is 11.8. The Hall–Kier alpha value is 0.0174. The standard InChI is InChI=1S/CH3O6P.Li.H/c2-1(3)7-8(4,5)6;;/h(H,2,3)(H2,4,5,6);;/q;+1;-1. The van der Waals surface area contributed by atoms with Gasteiger partial charge in [0.15, 0.2) is 0 Å². The molecule has 0 aliphatic heterocycles. The summed E-state index contributed by atoms with van der Waals surface area (Å²) in [6.45, 7) is 0. The van der Waals surface area contributed by atoms with Gasteiger partial charge < -0.3 is 11.1 Å². The van der Waals surface area contributed by atoms with Crippen LogP contribution in [-0.4, -0.2) is 21.0 Å². The molecule has 0 aromatic carbocycles. The van der Waals surface area contributed by atoms with Gasteiger partial charge in [0, 0.05) is 0 Å². The van der Waals surface area contributed by atoms with Crippen molar-refractivity contribution in [3.8, 4) is 0 Å². The fourth-order valence-electron chi connectivity index (χ4n) is 0.102. The largest absolute Gasteiger partial charge is 1.00 e. The molecule has 0 aliphatic carbocycles. The SMILES string of the molecule is O=C(O)OP(=O)(O)O.[H-].[Li+]. The van der Waals surface area contributed by atoms with Gasteiger partial charge in [0.2, 0.25) is 0 Å². The summed E-state index contributed by atoms with van der Waals surface area (Å²) >= 11 is 0. The number of hydrogen-bond donors (Lipinski definition) is 3. The van der Waals surface area contributed by atoms with Crippen molar-refractivity contribution in [3.05, 3.63) is 0 Å². The first-order valence-corrected chi connectivity index (χ1v) is 2.93. The molecule has 0 bridgehead atoms. The molecule has 0 aromatic heterocycles. The van der Waals surface area contributed by atoms with Crippen LogP contribution in [0.2, 0.25) is 0 Å². The summed E-state index contributed by atoms with van der Waals surface area (Å²) in [5.74, 6) is 0. The summed E-state index contributed by atoms with van der Waals surface area (Å²) in [6, 6.07) is 0. The molecule has 0 spiro atoms. The van der Waals surface area contributed by atoms with E-state index in [0.717, 1.165) is 0 Å². The first-order chi connectivity index (χ1) is 3.42. The Morgan fingerprint density at radius 3 is 1.89 bits per heavy atom. The summed E-state index contributed by atoms with van der Waals surface area (Å²) in [6.07, 6.45) is -1.99. The Morgan fingerprint density at radius 1 is 1.56 bits per heavy atom. The van der Waals surface area contributed by atoms with Gasteiger partial charge >= 0.3 is 32.8 Å². The van der Waals surface area contributed by atoms with E-state index in [1.54, 1.807) is 0 Å².